The van der Waals surface area contributed by atoms with Gasteiger partial charge >= 0.3 is 16.2 Å². The summed E-state index contributed by atoms with van der Waals surface area (Å²) in [6.45, 7) is 0.509. The van der Waals surface area contributed by atoms with E-state index in [4.69, 9.17) is 9.47 Å². The van der Waals surface area contributed by atoms with Crippen LogP contribution in [0.1, 0.15) is 77.4 Å². The number of aromatic nitrogens is 1. The molecular weight excluding hydrogens is 618 g/mol. The van der Waals surface area contributed by atoms with Crippen molar-refractivity contribution in [1.82, 2.24) is 13.6 Å². The average molecular weight is 658 g/mol. The SMILES string of the molecule is COc1ccc2c(c1OCc1ccccc1)C1CC1(C(=O)O)Cn1c-2c(C2CCCCC2)c2ccc(C(=O)NS(=O)(=O)N(C)C)cc21. The second-order valence-electron chi connectivity index (χ2n) is 13.2. The van der Waals surface area contributed by atoms with Gasteiger partial charge in [-0.3, -0.25) is 9.59 Å². The summed E-state index contributed by atoms with van der Waals surface area (Å²) in [4.78, 5) is 26.4. The molecule has 3 aliphatic rings. The Morgan fingerprint density at radius 1 is 1.02 bits per heavy atom. The lowest BCUT2D eigenvalue weighted by atomic mass is 9.81. The highest BCUT2D eigenvalue weighted by atomic mass is 32.2. The van der Waals surface area contributed by atoms with Gasteiger partial charge in [-0.1, -0.05) is 55.7 Å². The fourth-order valence-corrected chi connectivity index (χ4v) is 8.19. The first-order valence-corrected chi connectivity index (χ1v) is 17.5. The number of benzene rings is 3. The predicted molar refractivity (Wildman–Crippen MR) is 178 cm³/mol. The molecule has 2 saturated carbocycles. The number of carboxylic acid groups (broad SMARTS) is 1. The molecule has 7 rings (SSSR count). The molecule has 2 atom stereocenters. The molecule has 0 spiro atoms. The second-order valence-corrected chi connectivity index (χ2v) is 15.1. The Bertz CT molecular complexity index is 2000. The quantitative estimate of drug-likeness (QED) is 0.224. The van der Waals surface area contributed by atoms with E-state index >= 15 is 0 Å². The maximum Gasteiger partial charge on any atom is 0.312 e. The highest BCUT2D eigenvalue weighted by Gasteiger charge is 2.64. The van der Waals surface area contributed by atoms with E-state index in [2.05, 4.69) is 9.29 Å². The molecule has 0 bridgehead atoms. The van der Waals surface area contributed by atoms with Crippen LogP contribution >= 0.6 is 0 Å². The van der Waals surface area contributed by atoms with Crippen LogP contribution in [0, 0.1) is 5.41 Å². The Hall–Kier alpha value is -4.35. The van der Waals surface area contributed by atoms with Gasteiger partial charge in [-0.25, -0.2) is 4.72 Å². The number of aliphatic carboxylic acids is 1. The van der Waals surface area contributed by atoms with Crippen molar-refractivity contribution in [2.24, 2.45) is 5.41 Å². The van der Waals surface area contributed by atoms with Gasteiger partial charge < -0.3 is 19.1 Å². The van der Waals surface area contributed by atoms with Gasteiger partial charge in [0.05, 0.1) is 18.2 Å². The number of rotatable bonds is 9. The highest BCUT2D eigenvalue weighted by Crippen LogP contribution is 2.67. The van der Waals surface area contributed by atoms with Gasteiger partial charge in [0.25, 0.3) is 5.91 Å². The number of ether oxygens (including phenoxy) is 2. The van der Waals surface area contributed by atoms with E-state index in [1.54, 1.807) is 19.2 Å². The number of hydrogen-bond acceptors (Lipinski definition) is 6. The lowest BCUT2D eigenvalue weighted by Crippen LogP contribution is -2.39. The van der Waals surface area contributed by atoms with Crippen LogP contribution in [0.3, 0.4) is 0 Å². The molecule has 0 saturated heterocycles. The lowest BCUT2D eigenvalue weighted by molar-refractivity contribution is -0.144. The molecule has 1 aliphatic heterocycles. The van der Waals surface area contributed by atoms with Crippen molar-refractivity contribution in [2.75, 3.05) is 21.2 Å². The number of carbonyl (C=O) groups is 2. The summed E-state index contributed by atoms with van der Waals surface area (Å²) in [6.07, 6.45) is 5.82. The zero-order chi connectivity index (χ0) is 33.1. The number of fused-ring (bicyclic) bond motifs is 7. The fourth-order valence-electron chi connectivity index (χ4n) is 7.66. The minimum absolute atomic E-state index is 0.182. The minimum Gasteiger partial charge on any atom is -0.493 e. The molecule has 3 aromatic carbocycles. The smallest absolute Gasteiger partial charge is 0.312 e. The van der Waals surface area contributed by atoms with Crippen LogP contribution < -0.4 is 14.2 Å². The van der Waals surface area contributed by atoms with Crippen molar-refractivity contribution in [1.29, 1.82) is 0 Å². The second kappa shape index (κ2) is 11.7. The van der Waals surface area contributed by atoms with Crippen molar-refractivity contribution in [3.63, 3.8) is 0 Å². The molecule has 2 N–H and O–H groups in total. The number of carboxylic acids is 1. The maximum absolute atomic E-state index is 13.2. The van der Waals surface area contributed by atoms with Crippen molar-refractivity contribution in [3.8, 4) is 22.8 Å². The summed E-state index contributed by atoms with van der Waals surface area (Å²) < 4.78 is 42.5. The molecule has 2 unspecified atom stereocenters. The summed E-state index contributed by atoms with van der Waals surface area (Å²) in [5.41, 5.74) is 4.65. The van der Waals surface area contributed by atoms with Gasteiger partial charge in [-0.05, 0) is 60.6 Å². The topological polar surface area (TPSA) is 127 Å². The summed E-state index contributed by atoms with van der Waals surface area (Å²) in [7, 11) is 0.287. The number of nitrogens with one attached hydrogen (secondary N) is 1. The van der Waals surface area contributed by atoms with Gasteiger partial charge in [0.15, 0.2) is 11.5 Å². The average Bonchev–Trinajstić information content (AvgIpc) is 3.74. The van der Waals surface area contributed by atoms with Crippen LogP contribution in [-0.2, 0) is 28.2 Å². The number of carbonyl (C=O) groups excluding carboxylic acids is 1. The molecule has 47 heavy (non-hydrogen) atoms. The lowest BCUT2D eigenvalue weighted by Gasteiger charge is -2.25. The molecule has 2 aliphatic carbocycles. The third kappa shape index (κ3) is 5.25. The molecule has 11 heteroatoms. The minimum atomic E-state index is -4.01. The van der Waals surface area contributed by atoms with E-state index in [-0.39, 0.29) is 23.9 Å². The van der Waals surface area contributed by atoms with E-state index in [0.717, 1.165) is 68.8 Å². The van der Waals surface area contributed by atoms with Crippen molar-refractivity contribution >= 4 is 33.0 Å². The third-order valence-electron chi connectivity index (χ3n) is 10.2. The van der Waals surface area contributed by atoms with Crippen LogP contribution in [0.5, 0.6) is 11.5 Å². The van der Waals surface area contributed by atoms with Crippen molar-refractivity contribution < 1.29 is 32.6 Å². The molecule has 1 amide bonds. The number of amides is 1. The number of methoxy groups -OCH3 is 1. The van der Waals surface area contributed by atoms with Crippen molar-refractivity contribution in [3.05, 3.63) is 82.9 Å². The van der Waals surface area contributed by atoms with Gasteiger partial charge in [-0.2, -0.15) is 12.7 Å². The Morgan fingerprint density at radius 2 is 1.77 bits per heavy atom. The van der Waals surface area contributed by atoms with Gasteiger partial charge in [0.1, 0.15) is 6.61 Å². The molecule has 1 aromatic heterocycles. The van der Waals surface area contributed by atoms with Crippen LogP contribution in [0.25, 0.3) is 22.2 Å². The van der Waals surface area contributed by atoms with E-state index in [1.165, 1.54) is 20.5 Å². The Balaban J connectivity index is 1.46. The van der Waals surface area contributed by atoms with Crippen molar-refractivity contribution in [2.45, 2.75) is 63.5 Å². The first-order chi connectivity index (χ1) is 22.6. The largest absolute Gasteiger partial charge is 0.493 e. The molecule has 2 heterocycles. The monoisotopic (exact) mass is 657 g/mol. The number of hydrogen-bond donors (Lipinski definition) is 2. The molecule has 0 radical (unpaired) electrons. The standard InChI is InChI=1S/C36H39N3O7S/c1-38(2)47(43,44)37-34(40)24-14-15-25-28(18-24)39-21-36(35(41)42)19-27(36)31-26(32(39)30(25)23-12-8-5-9-13-23)16-17-29(45-3)33(31)46-20-22-10-6-4-7-11-22/h4,6-7,10-11,14-18,23,27H,5,8-9,12-13,19-21H2,1-3H3,(H,37,40)(H,41,42). The molecular formula is C36H39N3O7S. The first-order valence-electron chi connectivity index (χ1n) is 16.1. The first kappa shape index (κ1) is 31.3. The van der Waals surface area contributed by atoms with Gasteiger partial charge in [-0.15, -0.1) is 0 Å². The Morgan fingerprint density at radius 3 is 2.45 bits per heavy atom. The van der Waals surface area contributed by atoms with Crippen LogP contribution in [0.15, 0.2) is 60.7 Å². The van der Waals surface area contributed by atoms with E-state index < -0.39 is 27.5 Å². The third-order valence-corrected chi connectivity index (χ3v) is 11.6. The normalized spacial score (nSPS) is 20.6. The van der Waals surface area contributed by atoms with Crippen LogP contribution in [-0.4, -0.2) is 55.5 Å². The Labute approximate surface area is 274 Å². The predicted octanol–water partition coefficient (Wildman–Crippen LogP) is 6.05. The molecule has 246 valence electrons. The van der Waals surface area contributed by atoms with Gasteiger partial charge in [0.2, 0.25) is 0 Å². The maximum atomic E-state index is 13.2. The van der Waals surface area contributed by atoms with E-state index in [1.807, 2.05) is 48.5 Å². The van der Waals surface area contributed by atoms with E-state index in [0.29, 0.717) is 24.5 Å². The molecule has 4 aromatic rings. The summed E-state index contributed by atoms with van der Waals surface area (Å²) >= 11 is 0. The van der Waals surface area contributed by atoms with Crippen LogP contribution in [0.4, 0.5) is 0 Å². The van der Waals surface area contributed by atoms with Gasteiger partial charge in [0, 0.05) is 54.2 Å². The summed E-state index contributed by atoms with van der Waals surface area (Å²) in [6, 6.07) is 19.0. The fraction of sp³-hybridized carbons (Fsp3) is 0.389. The van der Waals surface area contributed by atoms with Crippen LogP contribution in [0.2, 0.25) is 0 Å². The number of nitrogens with zero attached hydrogens (tertiary/aromatic N) is 2. The molecule has 2 fully saturated rings. The zero-order valence-electron chi connectivity index (χ0n) is 26.8. The molecule has 10 nitrogen and oxygen atoms in total. The summed E-state index contributed by atoms with van der Waals surface area (Å²) in [5, 5.41) is 11.7. The summed E-state index contributed by atoms with van der Waals surface area (Å²) in [5.74, 6) is -0.579. The zero-order valence-corrected chi connectivity index (χ0v) is 27.6. The Kier molecular flexibility index (Phi) is 7.79. The highest BCUT2D eigenvalue weighted by molar-refractivity contribution is 7.87. The van der Waals surface area contributed by atoms with E-state index in [9.17, 15) is 23.1 Å².